The zero-order valence-electron chi connectivity index (χ0n) is 36.5. The van der Waals surface area contributed by atoms with E-state index in [-0.39, 0.29) is 10.8 Å². The highest BCUT2D eigenvalue weighted by atomic mass is 15.1. The molecule has 1 fully saturated rings. The van der Waals surface area contributed by atoms with Crippen molar-refractivity contribution in [3.8, 4) is 22.3 Å². The van der Waals surface area contributed by atoms with Gasteiger partial charge in [-0.15, -0.1) is 0 Å². The first kappa shape index (κ1) is 39.5. The summed E-state index contributed by atoms with van der Waals surface area (Å²) in [5.41, 5.74) is 17.6. The van der Waals surface area contributed by atoms with E-state index in [9.17, 15) is 0 Å². The minimum Gasteiger partial charge on any atom is -0.311 e. The predicted molar refractivity (Wildman–Crippen MR) is 263 cm³/mol. The summed E-state index contributed by atoms with van der Waals surface area (Å²) in [7, 11) is 0. The van der Waals surface area contributed by atoms with Gasteiger partial charge in [-0.25, -0.2) is 0 Å². The lowest BCUT2D eigenvalue weighted by Crippen LogP contribution is -2.36. The van der Waals surface area contributed by atoms with Crippen molar-refractivity contribution in [2.45, 2.75) is 64.2 Å². The molecule has 2 nitrogen and oxygen atoms in total. The van der Waals surface area contributed by atoms with Crippen molar-refractivity contribution in [3.05, 3.63) is 229 Å². The normalized spacial score (nSPS) is 17.6. The van der Waals surface area contributed by atoms with Gasteiger partial charge in [-0.05, 0) is 142 Å². The molecule has 2 unspecified atom stereocenters. The summed E-state index contributed by atoms with van der Waals surface area (Å²) in [5.74, 6) is 1.29. The Morgan fingerprint density at radius 2 is 0.871 bits per heavy atom. The van der Waals surface area contributed by atoms with E-state index in [0.717, 1.165) is 35.6 Å². The first-order valence-corrected chi connectivity index (χ1v) is 22.6. The lowest BCUT2D eigenvalue weighted by molar-refractivity contribution is 0.207. The minimum absolute atomic E-state index is 0.0743. The molecule has 0 N–H and O–H groups in total. The molecule has 0 saturated heterocycles. The molecule has 2 aliphatic carbocycles. The average molecular weight is 805 g/mol. The van der Waals surface area contributed by atoms with Crippen molar-refractivity contribution < 1.29 is 0 Å². The molecule has 0 spiro atoms. The van der Waals surface area contributed by atoms with Gasteiger partial charge in [0.1, 0.15) is 0 Å². The molecule has 2 atom stereocenters. The standard InChI is InChI=1S/C60H56N2/c1-43(2)46-19-16-40-60(42-46,47-28-34-52(35-29-47)61(49-20-10-6-11-21-49)51-32-26-45(27-33-51)44-17-8-5-9-18-44)48-30-36-53(37-31-48)62(50-22-12-7-13-23-50)54-38-39-56-55-24-14-15-25-57(55)59(3,4)58(56)41-54/h5-15,17-18,20-39,41,43,46H,16,19,40,42H2,1-4H3. The zero-order valence-corrected chi connectivity index (χ0v) is 36.5. The Balaban J connectivity index is 1.02. The monoisotopic (exact) mass is 804 g/mol. The molecule has 0 aliphatic heterocycles. The number of anilines is 6. The van der Waals surface area contributed by atoms with E-state index in [1.165, 1.54) is 68.7 Å². The summed E-state index contributed by atoms with van der Waals surface area (Å²) in [6.45, 7) is 9.57. The van der Waals surface area contributed by atoms with Gasteiger partial charge in [0.05, 0.1) is 0 Å². The average Bonchev–Trinajstić information content (AvgIpc) is 3.56. The number of nitrogens with zero attached hydrogens (tertiary/aromatic N) is 2. The van der Waals surface area contributed by atoms with E-state index in [0.29, 0.717) is 11.8 Å². The third-order valence-electron chi connectivity index (χ3n) is 14.2. The molecule has 0 radical (unpaired) electrons. The highest BCUT2D eigenvalue weighted by Gasteiger charge is 2.41. The largest absolute Gasteiger partial charge is 0.311 e. The molecule has 0 amide bonds. The van der Waals surface area contributed by atoms with Crippen LogP contribution in [0.15, 0.2) is 206 Å². The predicted octanol–water partition coefficient (Wildman–Crippen LogP) is 16.7. The summed E-state index contributed by atoms with van der Waals surface area (Å²) in [5, 5.41) is 0. The van der Waals surface area contributed by atoms with Crippen LogP contribution in [0, 0.1) is 11.8 Å². The fraction of sp³-hybridized carbons (Fsp3) is 0.200. The maximum atomic E-state index is 2.44. The molecule has 306 valence electrons. The van der Waals surface area contributed by atoms with Crippen LogP contribution in [0.3, 0.4) is 0 Å². The molecule has 0 aromatic heterocycles. The van der Waals surface area contributed by atoms with Crippen LogP contribution < -0.4 is 9.80 Å². The lowest BCUT2D eigenvalue weighted by Gasteiger charge is -2.44. The van der Waals surface area contributed by atoms with Crippen LogP contribution in [0.4, 0.5) is 34.1 Å². The number of para-hydroxylation sites is 2. The Kier molecular flexibility index (Phi) is 10.4. The van der Waals surface area contributed by atoms with Gasteiger partial charge in [-0.1, -0.05) is 174 Å². The maximum Gasteiger partial charge on any atom is 0.0465 e. The van der Waals surface area contributed by atoms with Crippen molar-refractivity contribution in [2.24, 2.45) is 11.8 Å². The van der Waals surface area contributed by atoms with Gasteiger partial charge < -0.3 is 9.80 Å². The second kappa shape index (κ2) is 16.3. The molecule has 0 heterocycles. The van der Waals surface area contributed by atoms with E-state index < -0.39 is 0 Å². The van der Waals surface area contributed by atoms with Crippen LogP contribution in [0.2, 0.25) is 0 Å². The van der Waals surface area contributed by atoms with Crippen LogP contribution in [-0.4, -0.2) is 0 Å². The molecule has 2 aliphatic rings. The van der Waals surface area contributed by atoms with Crippen molar-refractivity contribution in [2.75, 3.05) is 9.80 Å². The molecular weight excluding hydrogens is 749 g/mol. The molecule has 10 rings (SSSR count). The number of hydrogen-bond donors (Lipinski definition) is 0. The van der Waals surface area contributed by atoms with Gasteiger partial charge in [0.25, 0.3) is 0 Å². The second-order valence-corrected chi connectivity index (χ2v) is 18.4. The summed E-state index contributed by atoms with van der Waals surface area (Å²) in [4.78, 5) is 4.82. The highest BCUT2D eigenvalue weighted by Crippen LogP contribution is 2.52. The molecule has 2 heteroatoms. The van der Waals surface area contributed by atoms with Crippen LogP contribution in [0.25, 0.3) is 22.3 Å². The van der Waals surface area contributed by atoms with Crippen LogP contribution in [0.1, 0.15) is 75.6 Å². The molecule has 62 heavy (non-hydrogen) atoms. The maximum absolute atomic E-state index is 2.44. The van der Waals surface area contributed by atoms with Gasteiger partial charge in [0, 0.05) is 45.0 Å². The molecule has 0 bridgehead atoms. The van der Waals surface area contributed by atoms with Gasteiger partial charge in [0.15, 0.2) is 0 Å². The zero-order chi connectivity index (χ0) is 42.3. The van der Waals surface area contributed by atoms with Gasteiger partial charge in [0.2, 0.25) is 0 Å². The Bertz CT molecular complexity index is 2770. The van der Waals surface area contributed by atoms with Gasteiger partial charge in [-0.3, -0.25) is 0 Å². The lowest BCUT2D eigenvalue weighted by atomic mass is 9.60. The van der Waals surface area contributed by atoms with Crippen molar-refractivity contribution in [1.82, 2.24) is 0 Å². The molecule has 1 saturated carbocycles. The topological polar surface area (TPSA) is 6.48 Å². The van der Waals surface area contributed by atoms with Crippen LogP contribution in [-0.2, 0) is 10.8 Å². The van der Waals surface area contributed by atoms with Gasteiger partial charge >= 0.3 is 0 Å². The van der Waals surface area contributed by atoms with E-state index in [1.807, 2.05) is 0 Å². The van der Waals surface area contributed by atoms with E-state index in [4.69, 9.17) is 0 Å². The number of rotatable bonds is 10. The Hall–Kier alpha value is -6.64. The first-order valence-electron chi connectivity index (χ1n) is 22.6. The first-order chi connectivity index (χ1) is 30.3. The third kappa shape index (κ3) is 7.12. The molecule has 8 aromatic carbocycles. The van der Waals surface area contributed by atoms with Crippen LogP contribution >= 0.6 is 0 Å². The van der Waals surface area contributed by atoms with Crippen molar-refractivity contribution in [1.29, 1.82) is 0 Å². The van der Waals surface area contributed by atoms with E-state index in [1.54, 1.807) is 0 Å². The second-order valence-electron chi connectivity index (χ2n) is 18.4. The van der Waals surface area contributed by atoms with Crippen LogP contribution in [0.5, 0.6) is 0 Å². The molecular formula is C60H56N2. The smallest absolute Gasteiger partial charge is 0.0465 e. The van der Waals surface area contributed by atoms with Crippen molar-refractivity contribution in [3.63, 3.8) is 0 Å². The van der Waals surface area contributed by atoms with E-state index in [2.05, 4.69) is 244 Å². The van der Waals surface area contributed by atoms with Crippen molar-refractivity contribution >= 4 is 34.1 Å². The number of benzene rings is 8. The molecule has 8 aromatic rings. The fourth-order valence-electron chi connectivity index (χ4n) is 10.8. The quantitative estimate of drug-likeness (QED) is 0.136. The highest BCUT2D eigenvalue weighted by molar-refractivity contribution is 5.86. The van der Waals surface area contributed by atoms with Gasteiger partial charge in [-0.2, -0.15) is 0 Å². The summed E-state index contributed by atoms with van der Waals surface area (Å²) in [6, 6.07) is 76.5. The summed E-state index contributed by atoms with van der Waals surface area (Å²) < 4.78 is 0. The SMILES string of the molecule is CC(C)C1CCCC(c2ccc(N(c3ccccc3)c3ccc(-c4ccccc4)cc3)cc2)(c2ccc(N(c3ccccc3)c3ccc4c(c3)C(C)(C)c3ccccc3-4)cc2)C1. The van der Waals surface area contributed by atoms with E-state index >= 15 is 0 Å². The Labute approximate surface area is 369 Å². The Morgan fingerprint density at radius 1 is 0.435 bits per heavy atom. The number of fused-ring (bicyclic) bond motifs is 3. The minimum atomic E-state index is -0.0832. The summed E-state index contributed by atoms with van der Waals surface area (Å²) in [6.07, 6.45) is 4.80. The fourth-order valence-corrected chi connectivity index (χ4v) is 10.8. The third-order valence-corrected chi connectivity index (χ3v) is 14.2. The Morgan fingerprint density at radius 3 is 1.44 bits per heavy atom. The number of hydrogen-bond acceptors (Lipinski definition) is 2. The summed E-state index contributed by atoms with van der Waals surface area (Å²) >= 11 is 0.